The Bertz CT molecular complexity index is 241. The summed E-state index contributed by atoms with van der Waals surface area (Å²) in [6, 6.07) is 9.43. The monoisotopic (exact) mass is 168 g/mol. The lowest BCUT2D eigenvalue weighted by Gasteiger charge is -2.01. The molecule has 0 aliphatic heterocycles. The van der Waals surface area contributed by atoms with Crippen LogP contribution in [0.5, 0.6) is 5.75 Å². The molecule has 0 fully saturated rings. The normalized spacial score (nSPS) is 11.3. The van der Waals surface area contributed by atoms with Crippen LogP contribution in [-0.2, 0) is 0 Å². The predicted octanol–water partition coefficient (Wildman–Crippen LogP) is 3.17. The summed E-state index contributed by atoms with van der Waals surface area (Å²) in [5.74, 6) is 0.760. The third kappa shape index (κ3) is 2.64. The van der Waals surface area contributed by atoms with Gasteiger partial charge in [0, 0.05) is 0 Å². The minimum absolute atomic E-state index is 0.399. The molecular formula is C9H9ClO. The van der Waals surface area contributed by atoms with Crippen molar-refractivity contribution in [1.82, 2.24) is 0 Å². The number of benzene rings is 1. The van der Waals surface area contributed by atoms with E-state index in [1.54, 1.807) is 6.08 Å². The quantitative estimate of drug-likeness (QED) is 0.617. The third-order valence-electron chi connectivity index (χ3n) is 1.19. The van der Waals surface area contributed by atoms with E-state index in [0.29, 0.717) is 5.22 Å². The molecule has 58 valence electrons. The van der Waals surface area contributed by atoms with E-state index < -0.39 is 0 Å². The second-order valence-corrected chi connectivity index (χ2v) is 2.38. The van der Waals surface area contributed by atoms with Crippen molar-refractivity contribution in [2.45, 2.75) is 6.92 Å². The maximum atomic E-state index is 5.64. The van der Waals surface area contributed by atoms with Gasteiger partial charge in [0.15, 0.2) is 5.22 Å². The standard InChI is InChI=1S/C9H9ClO/c1-2-9(10)11-8-6-4-3-5-7-8/h2-7H,1H3. The fourth-order valence-corrected chi connectivity index (χ4v) is 0.749. The average molecular weight is 169 g/mol. The van der Waals surface area contributed by atoms with Crippen LogP contribution in [-0.4, -0.2) is 0 Å². The van der Waals surface area contributed by atoms with Crippen LogP contribution in [0.3, 0.4) is 0 Å². The van der Waals surface area contributed by atoms with Gasteiger partial charge < -0.3 is 4.74 Å². The molecule has 0 amide bonds. The summed E-state index contributed by atoms with van der Waals surface area (Å²) >= 11 is 5.64. The summed E-state index contributed by atoms with van der Waals surface area (Å²) in [4.78, 5) is 0. The second kappa shape index (κ2) is 4.04. The van der Waals surface area contributed by atoms with E-state index in [1.807, 2.05) is 37.3 Å². The smallest absolute Gasteiger partial charge is 0.189 e. The lowest BCUT2D eigenvalue weighted by molar-refractivity contribution is 0.461. The summed E-state index contributed by atoms with van der Waals surface area (Å²) in [7, 11) is 0. The Morgan fingerprint density at radius 1 is 1.36 bits per heavy atom. The molecule has 0 spiro atoms. The molecule has 11 heavy (non-hydrogen) atoms. The van der Waals surface area contributed by atoms with Gasteiger partial charge in [0.1, 0.15) is 5.75 Å². The molecule has 2 heteroatoms. The molecule has 0 saturated carbocycles. The van der Waals surface area contributed by atoms with E-state index in [9.17, 15) is 0 Å². The van der Waals surface area contributed by atoms with Crippen LogP contribution in [0.2, 0.25) is 0 Å². The van der Waals surface area contributed by atoms with Crippen LogP contribution in [0.1, 0.15) is 6.92 Å². The highest BCUT2D eigenvalue weighted by Crippen LogP contribution is 2.14. The molecule has 0 N–H and O–H groups in total. The number of hydrogen-bond donors (Lipinski definition) is 0. The first-order chi connectivity index (χ1) is 5.33. The van der Waals surface area contributed by atoms with E-state index >= 15 is 0 Å². The first-order valence-electron chi connectivity index (χ1n) is 3.37. The number of halogens is 1. The Morgan fingerprint density at radius 3 is 2.55 bits per heavy atom. The molecule has 1 rings (SSSR count). The first-order valence-corrected chi connectivity index (χ1v) is 3.75. The molecule has 1 aromatic carbocycles. The van der Waals surface area contributed by atoms with Crippen molar-refractivity contribution in [2.75, 3.05) is 0 Å². The van der Waals surface area contributed by atoms with Crippen molar-refractivity contribution in [1.29, 1.82) is 0 Å². The largest absolute Gasteiger partial charge is 0.446 e. The van der Waals surface area contributed by atoms with E-state index in [1.165, 1.54) is 0 Å². The Hall–Kier alpha value is -0.950. The highest BCUT2D eigenvalue weighted by Gasteiger charge is 1.92. The van der Waals surface area contributed by atoms with Crippen LogP contribution in [0.15, 0.2) is 41.6 Å². The molecule has 0 heterocycles. The van der Waals surface area contributed by atoms with Crippen LogP contribution in [0, 0.1) is 0 Å². The number of ether oxygens (including phenoxy) is 1. The topological polar surface area (TPSA) is 9.23 Å². The van der Waals surface area contributed by atoms with Crippen molar-refractivity contribution < 1.29 is 4.74 Å². The van der Waals surface area contributed by atoms with Crippen molar-refractivity contribution >= 4 is 11.6 Å². The first kappa shape index (κ1) is 8.15. The predicted molar refractivity (Wildman–Crippen MR) is 46.7 cm³/mol. The van der Waals surface area contributed by atoms with Crippen LogP contribution >= 0.6 is 11.6 Å². The van der Waals surface area contributed by atoms with Gasteiger partial charge in [-0.15, -0.1) is 0 Å². The fourth-order valence-electron chi connectivity index (χ4n) is 0.660. The van der Waals surface area contributed by atoms with E-state index in [2.05, 4.69) is 0 Å². The molecule has 1 nitrogen and oxygen atoms in total. The van der Waals surface area contributed by atoms with E-state index in [0.717, 1.165) is 5.75 Å². The summed E-state index contributed by atoms with van der Waals surface area (Å²) in [5.41, 5.74) is 0. The van der Waals surface area contributed by atoms with Gasteiger partial charge in [0.2, 0.25) is 0 Å². The van der Waals surface area contributed by atoms with Gasteiger partial charge >= 0.3 is 0 Å². The van der Waals surface area contributed by atoms with Gasteiger partial charge in [-0.25, -0.2) is 0 Å². The zero-order valence-corrected chi connectivity index (χ0v) is 7.01. The van der Waals surface area contributed by atoms with Crippen LogP contribution in [0.4, 0.5) is 0 Å². The van der Waals surface area contributed by atoms with Gasteiger partial charge in [0.05, 0.1) is 0 Å². The van der Waals surface area contributed by atoms with Gasteiger partial charge in [-0.3, -0.25) is 0 Å². The second-order valence-electron chi connectivity index (χ2n) is 2.01. The van der Waals surface area contributed by atoms with Crippen molar-refractivity contribution in [3.05, 3.63) is 41.6 Å². The summed E-state index contributed by atoms with van der Waals surface area (Å²) in [6.45, 7) is 1.82. The van der Waals surface area contributed by atoms with E-state index in [-0.39, 0.29) is 0 Å². The molecule has 0 unspecified atom stereocenters. The third-order valence-corrected chi connectivity index (χ3v) is 1.48. The van der Waals surface area contributed by atoms with Crippen molar-refractivity contribution in [2.24, 2.45) is 0 Å². The zero-order chi connectivity index (χ0) is 8.10. The molecular weight excluding hydrogens is 160 g/mol. The van der Waals surface area contributed by atoms with Gasteiger partial charge in [-0.05, 0) is 36.7 Å². The van der Waals surface area contributed by atoms with Gasteiger partial charge in [0.25, 0.3) is 0 Å². The SMILES string of the molecule is CC=C(Cl)Oc1ccccc1. The highest BCUT2D eigenvalue weighted by molar-refractivity contribution is 6.28. The summed E-state index contributed by atoms with van der Waals surface area (Å²) in [6.07, 6.45) is 1.70. The number of hydrogen-bond acceptors (Lipinski definition) is 1. The average Bonchev–Trinajstić information content (AvgIpc) is 2.06. The number of allylic oxidation sites excluding steroid dienone is 1. The van der Waals surface area contributed by atoms with Crippen LogP contribution < -0.4 is 4.74 Å². The maximum absolute atomic E-state index is 5.64. The molecule has 0 aliphatic rings. The zero-order valence-electron chi connectivity index (χ0n) is 6.25. The molecule has 1 aromatic rings. The summed E-state index contributed by atoms with van der Waals surface area (Å²) < 4.78 is 5.19. The molecule has 0 bridgehead atoms. The Labute approximate surface area is 71.3 Å². The van der Waals surface area contributed by atoms with Gasteiger partial charge in [-0.2, -0.15) is 0 Å². The Balaban J connectivity index is 2.65. The Kier molecular flexibility index (Phi) is 2.99. The van der Waals surface area contributed by atoms with Gasteiger partial charge in [-0.1, -0.05) is 18.2 Å². The minimum Gasteiger partial charge on any atom is -0.446 e. The summed E-state index contributed by atoms with van der Waals surface area (Å²) in [5, 5.41) is 0.399. The molecule has 0 radical (unpaired) electrons. The molecule has 0 saturated heterocycles. The van der Waals surface area contributed by atoms with E-state index in [4.69, 9.17) is 16.3 Å². The van der Waals surface area contributed by atoms with Crippen LogP contribution in [0.25, 0.3) is 0 Å². The van der Waals surface area contributed by atoms with Crippen molar-refractivity contribution in [3.8, 4) is 5.75 Å². The lowest BCUT2D eigenvalue weighted by atomic mass is 10.3. The fraction of sp³-hybridized carbons (Fsp3) is 0.111. The number of para-hydroxylation sites is 1. The van der Waals surface area contributed by atoms with Crippen molar-refractivity contribution in [3.63, 3.8) is 0 Å². The Morgan fingerprint density at radius 2 is 2.00 bits per heavy atom. The maximum Gasteiger partial charge on any atom is 0.189 e. The highest BCUT2D eigenvalue weighted by atomic mass is 35.5. The molecule has 0 atom stereocenters. The lowest BCUT2D eigenvalue weighted by Crippen LogP contribution is -1.85. The molecule has 0 aromatic heterocycles. The minimum atomic E-state index is 0.399. The number of rotatable bonds is 2. The molecule has 0 aliphatic carbocycles.